The number of halogens is 1. The fourth-order valence-electron chi connectivity index (χ4n) is 4.64. The summed E-state index contributed by atoms with van der Waals surface area (Å²) in [6.45, 7) is 1.79. The lowest BCUT2D eigenvalue weighted by atomic mass is 9.79. The van der Waals surface area contributed by atoms with Crippen LogP contribution in [-0.2, 0) is 16.1 Å². The summed E-state index contributed by atoms with van der Waals surface area (Å²) in [6.07, 6.45) is 0. The highest BCUT2D eigenvalue weighted by Gasteiger charge is 2.43. The molecule has 1 N–H and O–H groups in total. The summed E-state index contributed by atoms with van der Waals surface area (Å²) < 4.78 is 25.3. The van der Waals surface area contributed by atoms with Gasteiger partial charge in [-0.2, -0.15) is 0 Å². The van der Waals surface area contributed by atoms with Gasteiger partial charge in [0.1, 0.15) is 18.2 Å². The Hall–Kier alpha value is -4.19. The maximum Gasteiger partial charge on any atom is 0.336 e. The van der Waals surface area contributed by atoms with E-state index < -0.39 is 11.9 Å². The van der Waals surface area contributed by atoms with Gasteiger partial charge in [-0.05, 0) is 19.1 Å². The van der Waals surface area contributed by atoms with Gasteiger partial charge in [0.15, 0.2) is 5.78 Å². The number of ketones is 1. The number of allylic oxidation sites excluding steroid dienone is 2. The largest absolute Gasteiger partial charge is 0.488 e. The molecule has 2 aliphatic rings. The number of Topliss-reactive ketones (excluding diaryl/α,β-unsaturated/α-hetero) is 1. The van der Waals surface area contributed by atoms with E-state index >= 15 is 0 Å². The van der Waals surface area contributed by atoms with Crippen molar-refractivity contribution in [2.45, 2.75) is 19.4 Å². The van der Waals surface area contributed by atoms with Crippen LogP contribution in [0.1, 0.15) is 39.9 Å². The highest BCUT2D eigenvalue weighted by molar-refractivity contribution is 6.23. The lowest BCUT2D eigenvalue weighted by Gasteiger charge is -2.30. The van der Waals surface area contributed by atoms with Crippen LogP contribution in [-0.4, -0.2) is 18.9 Å². The van der Waals surface area contributed by atoms with Crippen LogP contribution in [0.3, 0.4) is 0 Å². The molecule has 0 radical (unpaired) electrons. The van der Waals surface area contributed by atoms with Gasteiger partial charge in [-0.1, -0.05) is 60.7 Å². The summed E-state index contributed by atoms with van der Waals surface area (Å²) in [4.78, 5) is 26.5. The monoisotopic (exact) mass is 455 g/mol. The third kappa shape index (κ3) is 3.48. The molecule has 34 heavy (non-hydrogen) atoms. The van der Waals surface area contributed by atoms with Gasteiger partial charge in [0.2, 0.25) is 0 Å². The SMILES string of the molecule is COC(=O)C1=C(C)NC2=C(C(=O)c3ccccc32)[C@H]1c1ccccc1OCc1ccccc1F. The molecule has 0 bridgehead atoms. The standard InChI is InChI=1S/C28H22FNO4/c1-16-23(28(32)33-2)24(25-26(30-16)18-10-4-5-11-19(18)27(25)31)20-12-6-8-14-22(20)34-15-17-9-3-7-13-21(17)29/h3-14,24,30H,15H2,1-2H3/t24-/m0/s1. The average Bonchev–Trinajstić information content (AvgIpc) is 3.14. The Morgan fingerprint density at radius 2 is 1.65 bits per heavy atom. The number of carbonyl (C=O) groups excluding carboxylic acids is 2. The molecule has 1 aliphatic carbocycles. The van der Waals surface area contributed by atoms with Crippen LogP contribution in [0, 0.1) is 5.82 Å². The number of para-hydroxylation sites is 1. The second kappa shape index (κ2) is 8.63. The van der Waals surface area contributed by atoms with Crippen LogP contribution in [0.15, 0.2) is 89.6 Å². The Morgan fingerprint density at radius 3 is 2.41 bits per heavy atom. The molecule has 0 unspecified atom stereocenters. The van der Waals surface area contributed by atoms with Gasteiger partial charge in [0.05, 0.1) is 24.3 Å². The summed E-state index contributed by atoms with van der Waals surface area (Å²) in [5, 5.41) is 3.26. The number of dihydropyridines is 1. The molecule has 3 aromatic rings. The van der Waals surface area contributed by atoms with Gasteiger partial charge in [-0.3, -0.25) is 4.79 Å². The molecule has 1 atom stereocenters. The molecule has 0 amide bonds. The second-order valence-electron chi connectivity index (χ2n) is 8.17. The Balaban J connectivity index is 1.63. The summed E-state index contributed by atoms with van der Waals surface area (Å²) in [6, 6.07) is 21.0. The van der Waals surface area contributed by atoms with E-state index in [9.17, 15) is 14.0 Å². The molecule has 1 heterocycles. The van der Waals surface area contributed by atoms with Crippen molar-refractivity contribution in [1.29, 1.82) is 0 Å². The first-order valence-electron chi connectivity index (χ1n) is 10.9. The van der Waals surface area contributed by atoms with Crippen LogP contribution in [0.25, 0.3) is 5.70 Å². The molecule has 0 saturated heterocycles. The molecule has 0 fully saturated rings. The molecule has 1 aliphatic heterocycles. The quantitative estimate of drug-likeness (QED) is 0.540. The van der Waals surface area contributed by atoms with Crippen molar-refractivity contribution in [2.24, 2.45) is 0 Å². The predicted octanol–water partition coefficient (Wildman–Crippen LogP) is 5.15. The van der Waals surface area contributed by atoms with Gasteiger partial charge in [0.25, 0.3) is 0 Å². The highest BCUT2D eigenvalue weighted by Crippen LogP contribution is 2.48. The Kier molecular flexibility index (Phi) is 5.49. The van der Waals surface area contributed by atoms with Crippen LogP contribution in [0.4, 0.5) is 4.39 Å². The van der Waals surface area contributed by atoms with Crippen LogP contribution >= 0.6 is 0 Å². The molecule has 5 nitrogen and oxygen atoms in total. The lowest BCUT2D eigenvalue weighted by Crippen LogP contribution is -2.29. The fraction of sp³-hybridized carbons (Fsp3) is 0.143. The van der Waals surface area contributed by atoms with Crippen LogP contribution < -0.4 is 10.1 Å². The van der Waals surface area contributed by atoms with E-state index in [1.807, 2.05) is 30.3 Å². The van der Waals surface area contributed by atoms with E-state index in [-0.39, 0.29) is 18.2 Å². The normalized spacial score (nSPS) is 16.7. The van der Waals surface area contributed by atoms with Gasteiger partial charge < -0.3 is 14.8 Å². The van der Waals surface area contributed by atoms with Crippen molar-refractivity contribution in [3.8, 4) is 5.75 Å². The number of methoxy groups -OCH3 is 1. The number of nitrogens with one attached hydrogen (secondary N) is 1. The van der Waals surface area contributed by atoms with Gasteiger partial charge in [0, 0.05) is 33.5 Å². The van der Waals surface area contributed by atoms with E-state index in [0.29, 0.717) is 45.0 Å². The molecular weight excluding hydrogens is 433 g/mol. The zero-order chi connectivity index (χ0) is 23.8. The third-order valence-electron chi connectivity index (χ3n) is 6.23. The predicted molar refractivity (Wildman–Crippen MR) is 125 cm³/mol. The fourth-order valence-corrected chi connectivity index (χ4v) is 4.64. The smallest absolute Gasteiger partial charge is 0.336 e. The Labute approximate surface area is 196 Å². The molecular formula is C28H22FNO4. The Bertz CT molecular complexity index is 1390. The van der Waals surface area contributed by atoms with Crippen molar-refractivity contribution in [3.63, 3.8) is 0 Å². The van der Waals surface area contributed by atoms with Crippen molar-refractivity contribution in [3.05, 3.63) is 118 Å². The van der Waals surface area contributed by atoms with E-state index in [1.165, 1.54) is 13.2 Å². The summed E-state index contributed by atoms with van der Waals surface area (Å²) in [5.41, 5.74) is 4.50. The minimum absolute atomic E-state index is 0.00495. The van der Waals surface area contributed by atoms with Crippen molar-refractivity contribution < 1.29 is 23.5 Å². The highest BCUT2D eigenvalue weighted by atomic mass is 19.1. The van der Waals surface area contributed by atoms with Gasteiger partial charge in [-0.25, -0.2) is 9.18 Å². The summed E-state index contributed by atoms with van der Waals surface area (Å²) >= 11 is 0. The topological polar surface area (TPSA) is 64.6 Å². The number of hydrogen-bond acceptors (Lipinski definition) is 5. The average molecular weight is 455 g/mol. The second-order valence-corrected chi connectivity index (χ2v) is 8.17. The van der Waals surface area contributed by atoms with Gasteiger partial charge in [-0.15, -0.1) is 0 Å². The van der Waals surface area contributed by atoms with Crippen molar-refractivity contribution >= 4 is 17.4 Å². The van der Waals surface area contributed by atoms with E-state index in [0.717, 1.165) is 5.56 Å². The molecule has 3 aromatic carbocycles. The van der Waals surface area contributed by atoms with Crippen LogP contribution in [0.5, 0.6) is 5.75 Å². The molecule has 6 heteroatoms. The molecule has 0 saturated carbocycles. The maximum atomic E-state index is 14.2. The van der Waals surface area contributed by atoms with E-state index in [2.05, 4.69) is 5.32 Å². The number of carbonyl (C=O) groups is 2. The van der Waals surface area contributed by atoms with Gasteiger partial charge >= 0.3 is 5.97 Å². The number of esters is 1. The third-order valence-corrected chi connectivity index (χ3v) is 6.23. The first-order chi connectivity index (χ1) is 16.5. The number of rotatable bonds is 5. The first kappa shape index (κ1) is 21.6. The lowest BCUT2D eigenvalue weighted by molar-refractivity contribution is -0.136. The van der Waals surface area contributed by atoms with Crippen molar-refractivity contribution in [2.75, 3.05) is 7.11 Å². The number of fused-ring (bicyclic) bond motifs is 2. The van der Waals surface area contributed by atoms with Crippen LogP contribution in [0.2, 0.25) is 0 Å². The zero-order valence-electron chi connectivity index (χ0n) is 18.7. The first-order valence-corrected chi connectivity index (χ1v) is 10.9. The number of hydrogen-bond donors (Lipinski definition) is 1. The minimum Gasteiger partial charge on any atom is -0.488 e. The Morgan fingerprint density at radius 1 is 0.971 bits per heavy atom. The van der Waals surface area contributed by atoms with Crippen molar-refractivity contribution in [1.82, 2.24) is 5.32 Å². The van der Waals surface area contributed by atoms with E-state index in [4.69, 9.17) is 9.47 Å². The summed E-state index contributed by atoms with van der Waals surface area (Å²) in [5.74, 6) is -1.29. The van der Waals surface area contributed by atoms with E-state index in [1.54, 1.807) is 43.3 Å². The molecule has 5 rings (SSSR count). The molecule has 0 aromatic heterocycles. The number of ether oxygens (including phenoxy) is 2. The maximum absolute atomic E-state index is 14.2. The zero-order valence-corrected chi connectivity index (χ0v) is 18.7. The number of benzene rings is 3. The minimum atomic E-state index is -0.708. The molecule has 0 spiro atoms. The molecule has 170 valence electrons. The summed E-state index contributed by atoms with van der Waals surface area (Å²) in [7, 11) is 1.31.